The molecule has 1 fully saturated rings. The number of rotatable bonds is 3. The zero-order chi connectivity index (χ0) is 15.5. The fraction of sp³-hybridized carbons (Fsp3) is 0.467. The summed E-state index contributed by atoms with van der Waals surface area (Å²) < 4.78 is 0. The lowest BCUT2D eigenvalue weighted by Gasteiger charge is -2.33. The third-order valence-electron chi connectivity index (χ3n) is 3.99. The van der Waals surface area contributed by atoms with Crippen molar-refractivity contribution >= 4 is 34.7 Å². The standard InChI is InChI=1S/C15H19ClN2O2S/c16-10-5-6-11(12(19)9-10)13(20)18-15(14(17)21)7-3-1-2-4-8-15/h5-6,9,19H,1-4,7-8H2,(H2,17,21)(H,18,20). The number of nitrogens with one attached hydrogen (secondary N) is 1. The van der Waals surface area contributed by atoms with Crippen LogP contribution in [0, 0.1) is 0 Å². The Morgan fingerprint density at radius 1 is 1.29 bits per heavy atom. The van der Waals surface area contributed by atoms with Crippen molar-refractivity contribution in [1.82, 2.24) is 5.32 Å². The summed E-state index contributed by atoms with van der Waals surface area (Å²) in [6.45, 7) is 0. The number of hydrogen-bond donors (Lipinski definition) is 3. The van der Waals surface area contributed by atoms with Crippen LogP contribution in [0.15, 0.2) is 18.2 Å². The zero-order valence-corrected chi connectivity index (χ0v) is 13.3. The van der Waals surface area contributed by atoms with E-state index in [1.54, 1.807) is 6.07 Å². The summed E-state index contributed by atoms with van der Waals surface area (Å²) in [7, 11) is 0. The van der Waals surface area contributed by atoms with Crippen LogP contribution in [0.4, 0.5) is 0 Å². The maximum atomic E-state index is 12.4. The van der Waals surface area contributed by atoms with Crippen LogP contribution in [0.5, 0.6) is 5.75 Å². The molecule has 0 spiro atoms. The van der Waals surface area contributed by atoms with Crippen molar-refractivity contribution < 1.29 is 9.90 Å². The highest BCUT2D eigenvalue weighted by atomic mass is 35.5. The molecule has 1 saturated carbocycles. The average Bonchev–Trinajstić information content (AvgIpc) is 2.65. The van der Waals surface area contributed by atoms with Gasteiger partial charge in [0.25, 0.3) is 5.91 Å². The number of aromatic hydroxyl groups is 1. The fourth-order valence-corrected chi connectivity index (χ4v) is 3.17. The summed E-state index contributed by atoms with van der Waals surface area (Å²) in [5.41, 5.74) is 5.42. The van der Waals surface area contributed by atoms with Gasteiger partial charge in [-0.05, 0) is 31.0 Å². The van der Waals surface area contributed by atoms with Gasteiger partial charge in [0.1, 0.15) is 5.75 Å². The summed E-state index contributed by atoms with van der Waals surface area (Å²) in [5, 5.41) is 13.2. The topological polar surface area (TPSA) is 75.3 Å². The fourth-order valence-electron chi connectivity index (χ4n) is 2.75. The van der Waals surface area contributed by atoms with Crippen molar-refractivity contribution in [3.05, 3.63) is 28.8 Å². The van der Waals surface area contributed by atoms with E-state index in [4.69, 9.17) is 29.6 Å². The number of nitrogens with two attached hydrogens (primary N) is 1. The SMILES string of the molecule is NC(=S)C1(NC(=O)c2ccc(Cl)cc2O)CCCCCC1. The van der Waals surface area contributed by atoms with E-state index in [1.165, 1.54) is 12.1 Å². The first kappa shape index (κ1) is 16.0. The van der Waals surface area contributed by atoms with Gasteiger partial charge in [-0.25, -0.2) is 0 Å². The van der Waals surface area contributed by atoms with Crippen molar-refractivity contribution in [2.75, 3.05) is 0 Å². The van der Waals surface area contributed by atoms with Crippen molar-refractivity contribution in [2.24, 2.45) is 5.73 Å². The van der Waals surface area contributed by atoms with Gasteiger partial charge in [-0.2, -0.15) is 0 Å². The second-order valence-electron chi connectivity index (χ2n) is 5.48. The third-order valence-corrected chi connectivity index (χ3v) is 4.61. The molecule has 0 aromatic heterocycles. The van der Waals surface area contributed by atoms with Gasteiger partial charge >= 0.3 is 0 Å². The van der Waals surface area contributed by atoms with Gasteiger partial charge in [-0.1, -0.05) is 49.5 Å². The number of thiocarbonyl (C=S) groups is 1. The van der Waals surface area contributed by atoms with E-state index in [2.05, 4.69) is 5.32 Å². The van der Waals surface area contributed by atoms with E-state index in [1.807, 2.05) is 0 Å². The number of phenols is 1. The summed E-state index contributed by atoms with van der Waals surface area (Å²) in [4.78, 5) is 12.7. The molecule has 4 nitrogen and oxygen atoms in total. The van der Waals surface area contributed by atoms with Gasteiger partial charge in [-0.15, -0.1) is 0 Å². The molecule has 1 aromatic carbocycles. The van der Waals surface area contributed by atoms with Crippen LogP contribution in [-0.4, -0.2) is 21.5 Å². The highest BCUT2D eigenvalue weighted by Gasteiger charge is 2.36. The Bertz CT molecular complexity index is 555. The predicted octanol–water partition coefficient (Wildman–Crippen LogP) is 3.15. The molecule has 2 rings (SSSR count). The van der Waals surface area contributed by atoms with Gasteiger partial charge in [0.2, 0.25) is 0 Å². The van der Waals surface area contributed by atoms with Crippen LogP contribution >= 0.6 is 23.8 Å². The summed E-state index contributed by atoms with van der Waals surface area (Å²) >= 11 is 11.0. The number of carbonyl (C=O) groups excluding carboxylic acids is 1. The first-order chi connectivity index (χ1) is 9.94. The van der Waals surface area contributed by atoms with Crippen molar-refractivity contribution in [3.63, 3.8) is 0 Å². The Hall–Kier alpha value is -1.33. The molecule has 0 saturated heterocycles. The number of phenolic OH excluding ortho intramolecular Hbond substituents is 1. The molecule has 0 atom stereocenters. The van der Waals surface area contributed by atoms with Crippen LogP contribution < -0.4 is 11.1 Å². The van der Waals surface area contributed by atoms with Gasteiger partial charge in [0.05, 0.1) is 16.1 Å². The minimum atomic E-state index is -0.658. The van der Waals surface area contributed by atoms with E-state index < -0.39 is 5.54 Å². The van der Waals surface area contributed by atoms with E-state index >= 15 is 0 Å². The quantitative estimate of drug-likeness (QED) is 0.589. The van der Waals surface area contributed by atoms with Gasteiger partial charge in [0, 0.05) is 5.02 Å². The molecule has 1 amide bonds. The lowest BCUT2D eigenvalue weighted by Crippen LogP contribution is -2.56. The number of amides is 1. The normalized spacial score (nSPS) is 17.8. The molecule has 21 heavy (non-hydrogen) atoms. The van der Waals surface area contributed by atoms with Gasteiger partial charge in [0.15, 0.2) is 0 Å². The van der Waals surface area contributed by atoms with Crippen LogP contribution in [-0.2, 0) is 0 Å². The zero-order valence-electron chi connectivity index (χ0n) is 11.7. The molecular formula is C15H19ClN2O2S. The van der Waals surface area contributed by atoms with Crippen molar-refractivity contribution in [2.45, 2.75) is 44.1 Å². The molecule has 114 valence electrons. The minimum absolute atomic E-state index is 0.147. The first-order valence-electron chi connectivity index (χ1n) is 7.05. The van der Waals surface area contributed by atoms with Crippen molar-refractivity contribution in [3.8, 4) is 5.75 Å². The molecule has 0 bridgehead atoms. The molecule has 4 N–H and O–H groups in total. The summed E-state index contributed by atoms with van der Waals surface area (Å²) in [6, 6.07) is 4.41. The highest BCUT2D eigenvalue weighted by molar-refractivity contribution is 7.80. The van der Waals surface area contributed by atoms with Crippen molar-refractivity contribution in [1.29, 1.82) is 0 Å². The predicted molar refractivity (Wildman–Crippen MR) is 87.8 cm³/mol. The molecular weight excluding hydrogens is 308 g/mol. The third kappa shape index (κ3) is 3.66. The number of carbonyl (C=O) groups is 1. The van der Waals surface area contributed by atoms with Crippen LogP contribution in [0.1, 0.15) is 48.9 Å². The van der Waals surface area contributed by atoms with Crippen LogP contribution in [0.2, 0.25) is 5.02 Å². The lowest BCUT2D eigenvalue weighted by atomic mass is 9.89. The number of benzene rings is 1. The van der Waals surface area contributed by atoms with E-state index in [0.29, 0.717) is 10.0 Å². The Kier molecular flexibility index (Phi) is 5.06. The molecule has 1 aliphatic carbocycles. The monoisotopic (exact) mass is 326 g/mol. The summed E-state index contributed by atoms with van der Waals surface area (Å²) in [6.07, 6.45) is 5.66. The highest BCUT2D eigenvalue weighted by Crippen LogP contribution is 2.29. The second-order valence-corrected chi connectivity index (χ2v) is 6.35. The number of halogens is 1. The lowest BCUT2D eigenvalue weighted by molar-refractivity contribution is 0.0915. The second kappa shape index (κ2) is 6.62. The molecule has 0 unspecified atom stereocenters. The molecule has 1 aliphatic rings. The first-order valence-corrected chi connectivity index (χ1v) is 7.84. The minimum Gasteiger partial charge on any atom is -0.507 e. The Morgan fingerprint density at radius 2 is 1.90 bits per heavy atom. The Labute approximate surface area is 134 Å². The molecule has 1 aromatic rings. The van der Waals surface area contributed by atoms with E-state index in [9.17, 15) is 9.90 Å². The molecule has 0 radical (unpaired) electrons. The number of hydrogen-bond acceptors (Lipinski definition) is 3. The molecule has 0 heterocycles. The smallest absolute Gasteiger partial charge is 0.255 e. The van der Waals surface area contributed by atoms with E-state index in [0.717, 1.165) is 38.5 Å². The average molecular weight is 327 g/mol. The van der Waals surface area contributed by atoms with Crippen LogP contribution in [0.3, 0.4) is 0 Å². The maximum absolute atomic E-state index is 12.4. The van der Waals surface area contributed by atoms with Crippen LogP contribution in [0.25, 0.3) is 0 Å². The molecule has 0 aliphatic heterocycles. The van der Waals surface area contributed by atoms with E-state index in [-0.39, 0.29) is 17.2 Å². The van der Waals surface area contributed by atoms with Gasteiger partial charge in [-0.3, -0.25) is 4.79 Å². The Morgan fingerprint density at radius 3 is 2.43 bits per heavy atom. The molecule has 6 heteroatoms. The van der Waals surface area contributed by atoms with Gasteiger partial charge < -0.3 is 16.2 Å². The maximum Gasteiger partial charge on any atom is 0.255 e. The largest absolute Gasteiger partial charge is 0.507 e. The summed E-state index contributed by atoms with van der Waals surface area (Å²) in [5.74, 6) is -0.523. The Balaban J connectivity index is 2.24.